The van der Waals surface area contributed by atoms with Crippen molar-refractivity contribution in [3.05, 3.63) is 39.1 Å². The fraction of sp³-hybridized carbons (Fsp3) is 0.421. The van der Waals surface area contributed by atoms with E-state index in [1.807, 2.05) is 19.9 Å². The lowest BCUT2D eigenvalue weighted by Gasteiger charge is -2.26. The summed E-state index contributed by atoms with van der Waals surface area (Å²) in [5.41, 5.74) is 4.57. The second-order valence-corrected chi connectivity index (χ2v) is 9.33. The lowest BCUT2D eigenvalue weighted by Crippen LogP contribution is -2.22. The van der Waals surface area contributed by atoms with Gasteiger partial charge in [-0.2, -0.15) is 0 Å². The summed E-state index contributed by atoms with van der Waals surface area (Å²) in [6.45, 7) is 7.85. The number of sulfonamides is 1. The van der Waals surface area contributed by atoms with E-state index in [0.29, 0.717) is 5.69 Å². The van der Waals surface area contributed by atoms with Gasteiger partial charge in [-0.3, -0.25) is 4.72 Å². The molecule has 0 amide bonds. The van der Waals surface area contributed by atoms with Crippen LogP contribution in [-0.2, 0) is 14.8 Å². The first-order valence-corrected chi connectivity index (χ1v) is 11.2. The van der Waals surface area contributed by atoms with Crippen LogP contribution in [0.3, 0.4) is 0 Å². The molecule has 0 radical (unpaired) electrons. The zero-order valence-electron chi connectivity index (χ0n) is 16.0. The van der Waals surface area contributed by atoms with Gasteiger partial charge in [-0.25, -0.2) is 13.2 Å². The van der Waals surface area contributed by atoms with Crippen LogP contribution in [0.2, 0.25) is 0 Å². The maximum atomic E-state index is 13.0. The molecule has 2 heterocycles. The third-order valence-corrected chi connectivity index (χ3v) is 7.29. The summed E-state index contributed by atoms with van der Waals surface area (Å²) in [6, 6.07) is 3.44. The molecule has 3 rings (SSSR count). The van der Waals surface area contributed by atoms with Gasteiger partial charge in [0.15, 0.2) is 0 Å². The molecule has 0 atom stereocenters. The van der Waals surface area contributed by atoms with Crippen molar-refractivity contribution < 1.29 is 17.9 Å². The number of hydrogen-bond acceptors (Lipinski definition) is 6. The number of benzene rings is 1. The Labute approximate surface area is 164 Å². The maximum absolute atomic E-state index is 13.0. The van der Waals surface area contributed by atoms with Gasteiger partial charge >= 0.3 is 5.97 Å². The molecule has 1 aromatic heterocycles. The summed E-state index contributed by atoms with van der Waals surface area (Å²) < 4.78 is 33.4. The molecule has 0 saturated carbocycles. The Balaban J connectivity index is 2.04. The fourth-order valence-corrected chi connectivity index (χ4v) is 6.23. The highest BCUT2D eigenvalue weighted by Crippen LogP contribution is 2.37. The minimum atomic E-state index is -3.91. The van der Waals surface area contributed by atoms with E-state index in [1.54, 1.807) is 5.38 Å². The molecule has 1 N–H and O–H groups in total. The number of thiophene rings is 1. The largest absolute Gasteiger partial charge is 0.465 e. The molecule has 1 aliphatic heterocycles. The van der Waals surface area contributed by atoms with Crippen LogP contribution in [0.1, 0.15) is 39.2 Å². The molecule has 0 spiro atoms. The number of methoxy groups -OCH3 is 1. The molecular weight excluding hydrogens is 384 g/mol. The van der Waals surface area contributed by atoms with Gasteiger partial charge < -0.3 is 9.64 Å². The smallest absolute Gasteiger partial charge is 0.349 e. The number of nitrogens with zero attached hydrogens (tertiary/aromatic N) is 1. The number of aryl methyl sites for hydroxylation is 2. The van der Waals surface area contributed by atoms with Gasteiger partial charge in [-0.15, -0.1) is 11.3 Å². The predicted molar refractivity (Wildman–Crippen MR) is 109 cm³/mol. The molecule has 0 bridgehead atoms. The van der Waals surface area contributed by atoms with Crippen molar-refractivity contribution in [1.82, 2.24) is 0 Å². The predicted octanol–water partition coefficient (Wildman–Crippen LogP) is 3.86. The Morgan fingerprint density at radius 3 is 2.48 bits per heavy atom. The Bertz CT molecular complexity index is 974. The van der Waals surface area contributed by atoms with E-state index in [1.165, 1.54) is 13.2 Å². The van der Waals surface area contributed by atoms with E-state index >= 15 is 0 Å². The highest BCUT2D eigenvalue weighted by Gasteiger charge is 2.27. The first-order chi connectivity index (χ1) is 12.8. The van der Waals surface area contributed by atoms with Crippen LogP contribution in [0.25, 0.3) is 0 Å². The molecule has 0 aliphatic carbocycles. The third kappa shape index (κ3) is 3.68. The van der Waals surface area contributed by atoms with Crippen LogP contribution in [0.5, 0.6) is 0 Å². The van der Waals surface area contributed by atoms with Crippen molar-refractivity contribution in [2.24, 2.45) is 0 Å². The molecule has 2 aromatic rings. The molecule has 146 valence electrons. The minimum absolute atomic E-state index is 0.0542. The monoisotopic (exact) mass is 408 g/mol. The third-order valence-electron chi connectivity index (χ3n) is 4.88. The summed E-state index contributed by atoms with van der Waals surface area (Å²) >= 11 is 1.05. The fourth-order valence-electron chi connectivity index (χ4n) is 3.70. The second-order valence-electron chi connectivity index (χ2n) is 6.76. The lowest BCUT2D eigenvalue weighted by molar-refractivity contribution is 0.0602. The summed E-state index contributed by atoms with van der Waals surface area (Å²) in [4.78, 5) is 14.2. The van der Waals surface area contributed by atoms with E-state index in [2.05, 4.69) is 16.5 Å². The van der Waals surface area contributed by atoms with Crippen LogP contribution in [0.15, 0.2) is 22.4 Å². The quantitative estimate of drug-likeness (QED) is 0.761. The van der Waals surface area contributed by atoms with Crippen molar-refractivity contribution in [3.8, 4) is 0 Å². The van der Waals surface area contributed by atoms with Crippen LogP contribution in [0, 0.1) is 20.8 Å². The molecule has 1 aromatic carbocycles. The van der Waals surface area contributed by atoms with Gasteiger partial charge in [0.2, 0.25) is 0 Å². The highest BCUT2D eigenvalue weighted by molar-refractivity contribution is 7.93. The Morgan fingerprint density at radius 2 is 1.85 bits per heavy atom. The molecule has 1 aliphatic rings. The summed E-state index contributed by atoms with van der Waals surface area (Å²) in [7, 11) is -2.67. The number of ether oxygens (including phenoxy) is 1. The van der Waals surface area contributed by atoms with Crippen LogP contribution >= 0.6 is 11.3 Å². The van der Waals surface area contributed by atoms with Crippen LogP contribution in [0.4, 0.5) is 11.4 Å². The van der Waals surface area contributed by atoms with E-state index in [0.717, 1.165) is 59.6 Å². The van der Waals surface area contributed by atoms with Gasteiger partial charge in [0.25, 0.3) is 10.0 Å². The lowest BCUT2D eigenvalue weighted by atomic mass is 10.0. The summed E-state index contributed by atoms with van der Waals surface area (Å²) in [5.74, 6) is -0.652. The second kappa shape index (κ2) is 7.52. The van der Waals surface area contributed by atoms with Gasteiger partial charge in [-0.05, 0) is 61.7 Å². The number of carbonyl (C=O) groups is 1. The van der Waals surface area contributed by atoms with Gasteiger partial charge in [0, 0.05) is 18.8 Å². The Hall–Kier alpha value is -2.06. The SMILES string of the molecule is COC(=O)c1sccc1S(=O)(=O)Nc1c(C)cc(C)c(N2CCCC2)c1C. The molecular formula is C19H24N2O4S2. The van der Waals surface area contributed by atoms with E-state index in [-0.39, 0.29) is 9.77 Å². The molecule has 1 saturated heterocycles. The zero-order valence-corrected chi connectivity index (χ0v) is 17.6. The van der Waals surface area contributed by atoms with E-state index in [9.17, 15) is 13.2 Å². The maximum Gasteiger partial charge on any atom is 0.349 e. The van der Waals surface area contributed by atoms with E-state index < -0.39 is 16.0 Å². The first-order valence-electron chi connectivity index (χ1n) is 8.80. The van der Waals surface area contributed by atoms with Crippen molar-refractivity contribution in [3.63, 3.8) is 0 Å². The van der Waals surface area contributed by atoms with Crippen molar-refractivity contribution in [2.75, 3.05) is 29.8 Å². The average Bonchev–Trinajstić information content (AvgIpc) is 3.29. The Kier molecular flexibility index (Phi) is 5.48. The van der Waals surface area contributed by atoms with Gasteiger partial charge in [0.05, 0.1) is 12.8 Å². The minimum Gasteiger partial charge on any atom is -0.465 e. The number of nitrogens with one attached hydrogen (secondary N) is 1. The average molecular weight is 409 g/mol. The number of anilines is 2. The molecule has 1 fully saturated rings. The standard InChI is InChI=1S/C19H24N2O4S2/c1-12-11-13(2)17(21-8-5-6-9-21)14(3)16(12)20-27(23,24)15-7-10-26-18(15)19(22)25-4/h7,10-11,20H,5-6,8-9H2,1-4H3. The van der Waals surface area contributed by atoms with Crippen LogP contribution < -0.4 is 9.62 Å². The zero-order chi connectivity index (χ0) is 19.8. The van der Waals surface area contributed by atoms with Crippen LogP contribution in [-0.4, -0.2) is 34.6 Å². The highest BCUT2D eigenvalue weighted by atomic mass is 32.2. The Morgan fingerprint density at radius 1 is 1.19 bits per heavy atom. The summed E-state index contributed by atoms with van der Waals surface area (Å²) in [5, 5.41) is 1.57. The number of rotatable bonds is 5. The molecule has 6 nitrogen and oxygen atoms in total. The summed E-state index contributed by atoms with van der Waals surface area (Å²) in [6.07, 6.45) is 2.29. The normalized spacial score (nSPS) is 14.4. The number of carbonyl (C=O) groups excluding carboxylic acids is 1. The van der Waals surface area contributed by atoms with Crippen molar-refractivity contribution in [2.45, 2.75) is 38.5 Å². The molecule has 27 heavy (non-hydrogen) atoms. The number of esters is 1. The van der Waals surface area contributed by atoms with E-state index in [4.69, 9.17) is 4.74 Å². The molecule has 0 unspecified atom stereocenters. The topological polar surface area (TPSA) is 75.7 Å². The van der Waals surface area contributed by atoms with Crippen molar-refractivity contribution in [1.29, 1.82) is 0 Å². The van der Waals surface area contributed by atoms with Gasteiger partial charge in [0.1, 0.15) is 9.77 Å². The first kappa shape index (κ1) is 19.7. The van der Waals surface area contributed by atoms with Gasteiger partial charge in [-0.1, -0.05) is 6.07 Å². The van der Waals surface area contributed by atoms with Crippen molar-refractivity contribution >= 4 is 38.7 Å². The molecule has 8 heteroatoms. The number of hydrogen-bond donors (Lipinski definition) is 1.